The molecule has 0 aliphatic carbocycles. The number of nitrogens with one attached hydrogen (secondary N) is 1. The number of hydrogen-bond acceptors (Lipinski definition) is 6. The average molecular weight is 301 g/mol. The molecule has 0 amide bonds. The second-order valence-electron chi connectivity index (χ2n) is 4.28. The molecular weight excluding hydrogens is 282 g/mol. The van der Waals surface area contributed by atoms with Crippen LogP contribution < -0.4 is 10.1 Å². The lowest BCUT2D eigenvalue weighted by molar-refractivity contribution is -0.137. The van der Waals surface area contributed by atoms with Gasteiger partial charge in [0.05, 0.1) is 20.0 Å². The Morgan fingerprint density at radius 1 is 1.30 bits per heavy atom. The Balaban J connectivity index is 2.99. The van der Waals surface area contributed by atoms with Gasteiger partial charge in [-0.3, -0.25) is 4.79 Å². The van der Waals surface area contributed by atoms with Gasteiger partial charge in [0.25, 0.3) is 0 Å². The average Bonchev–Trinajstić information content (AvgIpc) is 2.38. The van der Waals surface area contributed by atoms with Crippen LogP contribution in [0, 0.1) is 0 Å². The van der Waals surface area contributed by atoms with Crippen molar-refractivity contribution in [3.63, 3.8) is 0 Å². The van der Waals surface area contributed by atoms with Crippen molar-refractivity contribution in [1.82, 2.24) is 5.32 Å². The van der Waals surface area contributed by atoms with Crippen molar-refractivity contribution in [2.45, 2.75) is 12.3 Å². The summed E-state index contributed by atoms with van der Waals surface area (Å²) in [5.41, 5.74) is 1.47. The van der Waals surface area contributed by atoms with E-state index >= 15 is 0 Å². The number of methoxy groups -OCH3 is 2. The predicted octanol–water partition coefficient (Wildman–Crippen LogP) is 0.502. The highest BCUT2D eigenvalue weighted by molar-refractivity contribution is 7.91. The summed E-state index contributed by atoms with van der Waals surface area (Å²) >= 11 is 0. The molecule has 1 N–H and O–H groups in total. The molecule has 0 bridgehead atoms. The summed E-state index contributed by atoms with van der Waals surface area (Å²) in [6.07, 6.45) is 0. The summed E-state index contributed by atoms with van der Waals surface area (Å²) in [4.78, 5) is 11.1. The van der Waals surface area contributed by atoms with Gasteiger partial charge in [0.15, 0.2) is 9.84 Å². The smallest absolute Gasteiger partial charge is 0.320 e. The first kappa shape index (κ1) is 16.5. The molecule has 0 aliphatic heterocycles. The second kappa shape index (κ2) is 7.25. The molecule has 0 heterocycles. The van der Waals surface area contributed by atoms with Gasteiger partial charge < -0.3 is 14.8 Å². The molecular formula is C13H19NO5S. The van der Waals surface area contributed by atoms with Crippen molar-refractivity contribution < 1.29 is 22.7 Å². The quantitative estimate of drug-likeness (QED) is 0.739. The van der Waals surface area contributed by atoms with Crippen LogP contribution in [-0.4, -0.2) is 41.4 Å². The summed E-state index contributed by atoms with van der Waals surface area (Å²) in [7, 11) is 0.853. The Morgan fingerprint density at radius 2 is 2.00 bits per heavy atom. The van der Waals surface area contributed by atoms with Crippen LogP contribution in [0.1, 0.15) is 11.1 Å². The van der Waals surface area contributed by atoms with Crippen LogP contribution >= 0.6 is 0 Å². The molecule has 112 valence electrons. The number of rotatable bonds is 7. The minimum absolute atomic E-state index is 0.261. The van der Waals surface area contributed by atoms with E-state index in [1.165, 1.54) is 7.11 Å². The Hall–Kier alpha value is -1.60. The zero-order valence-corrected chi connectivity index (χ0v) is 12.6. The second-order valence-corrected chi connectivity index (χ2v) is 6.35. The molecule has 0 radical (unpaired) electrons. The first-order chi connectivity index (χ1) is 9.41. The van der Waals surface area contributed by atoms with Crippen LogP contribution in [0.2, 0.25) is 0 Å². The third kappa shape index (κ3) is 4.82. The molecule has 0 spiro atoms. The molecule has 0 saturated carbocycles. The molecule has 20 heavy (non-hydrogen) atoms. The van der Waals surface area contributed by atoms with Gasteiger partial charge in [-0.2, -0.15) is 0 Å². The minimum Gasteiger partial charge on any atom is -0.496 e. The normalized spacial score (nSPS) is 11.2. The number of esters is 1. The van der Waals surface area contributed by atoms with Crippen molar-refractivity contribution in [3.05, 3.63) is 29.3 Å². The Kier molecular flexibility index (Phi) is 5.97. The van der Waals surface area contributed by atoms with Gasteiger partial charge in [-0.05, 0) is 24.7 Å². The van der Waals surface area contributed by atoms with Crippen molar-refractivity contribution >= 4 is 15.8 Å². The van der Waals surface area contributed by atoms with Gasteiger partial charge in [-0.25, -0.2) is 8.42 Å². The zero-order valence-electron chi connectivity index (χ0n) is 11.8. The topological polar surface area (TPSA) is 81.7 Å². The first-order valence-corrected chi connectivity index (χ1v) is 7.81. The van der Waals surface area contributed by atoms with Gasteiger partial charge in [-0.15, -0.1) is 0 Å². The number of carbonyl (C=O) groups is 1. The van der Waals surface area contributed by atoms with Gasteiger partial charge in [0.2, 0.25) is 0 Å². The van der Waals surface area contributed by atoms with E-state index in [2.05, 4.69) is 10.1 Å². The first-order valence-electron chi connectivity index (χ1n) is 5.99. The van der Waals surface area contributed by atoms with Crippen LogP contribution in [0.4, 0.5) is 0 Å². The molecule has 0 unspecified atom stereocenters. The third-order valence-corrected chi connectivity index (χ3v) is 4.09. The van der Waals surface area contributed by atoms with Crippen molar-refractivity contribution in [2.24, 2.45) is 0 Å². The van der Waals surface area contributed by atoms with Crippen molar-refractivity contribution in [2.75, 3.05) is 27.0 Å². The Labute approximate surface area is 119 Å². The fraction of sp³-hybridized carbons (Fsp3) is 0.462. The maximum Gasteiger partial charge on any atom is 0.320 e. The Morgan fingerprint density at radius 3 is 2.55 bits per heavy atom. The van der Waals surface area contributed by atoms with Crippen LogP contribution in [-0.2, 0) is 31.7 Å². The van der Waals surface area contributed by atoms with Gasteiger partial charge in [-0.1, -0.05) is 6.07 Å². The van der Waals surface area contributed by atoms with Crippen LogP contribution in [0.5, 0.6) is 5.75 Å². The summed E-state index contributed by atoms with van der Waals surface area (Å²) < 4.78 is 33.4. The lowest BCUT2D eigenvalue weighted by atomic mass is 10.1. The monoisotopic (exact) mass is 301 g/mol. The molecule has 7 heteroatoms. The largest absolute Gasteiger partial charge is 0.496 e. The standard InChI is InChI=1S/C13H19NO5S/c1-14-7-10-4-5-12(18-2)11(6-10)8-20(16,17)9-13(15)19-3/h4-6,14H,7-9H2,1-3H3. The van der Waals surface area contributed by atoms with Crippen molar-refractivity contribution in [3.8, 4) is 5.75 Å². The molecule has 0 fully saturated rings. The number of benzene rings is 1. The highest BCUT2D eigenvalue weighted by Crippen LogP contribution is 2.22. The van der Waals surface area contributed by atoms with Crippen LogP contribution in [0.25, 0.3) is 0 Å². The van der Waals surface area contributed by atoms with Gasteiger partial charge in [0.1, 0.15) is 11.5 Å². The molecule has 0 aromatic heterocycles. The molecule has 0 aliphatic rings. The van der Waals surface area contributed by atoms with E-state index in [0.29, 0.717) is 17.9 Å². The summed E-state index contributed by atoms with van der Waals surface area (Å²) in [5.74, 6) is -1.18. The van der Waals surface area contributed by atoms with E-state index in [1.54, 1.807) is 19.2 Å². The SMILES string of the molecule is CNCc1ccc(OC)c(CS(=O)(=O)CC(=O)OC)c1. The van der Waals surface area contributed by atoms with E-state index < -0.39 is 21.6 Å². The lowest BCUT2D eigenvalue weighted by Gasteiger charge is -2.11. The molecule has 1 rings (SSSR count). The van der Waals surface area contributed by atoms with E-state index in [4.69, 9.17) is 4.74 Å². The number of ether oxygens (including phenoxy) is 2. The van der Waals surface area contributed by atoms with E-state index in [-0.39, 0.29) is 5.75 Å². The molecule has 0 atom stereocenters. The minimum atomic E-state index is -3.59. The van der Waals surface area contributed by atoms with Crippen LogP contribution in [0.3, 0.4) is 0 Å². The predicted molar refractivity (Wildman–Crippen MR) is 75.3 cm³/mol. The Bertz CT molecular complexity index is 568. The number of hydrogen-bond donors (Lipinski definition) is 1. The van der Waals surface area contributed by atoms with E-state index in [1.807, 2.05) is 6.07 Å². The maximum atomic E-state index is 11.9. The molecule has 1 aromatic rings. The van der Waals surface area contributed by atoms with Crippen LogP contribution in [0.15, 0.2) is 18.2 Å². The third-order valence-electron chi connectivity index (χ3n) is 2.67. The molecule has 1 aromatic carbocycles. The lowest BCUT2D eigenvalue weighted by Crippen LogP contribution is -2.19. The highest BCUT2D eigenvalue weighted by Gasteiger charge is 2.20. The zero-order chi connectivity index (χ0) is 15.2. The van der Waals surface area contributed by atoms with Gasteiger partial charge in [0, 0.05) is 12.1 Å². The fourth-order valence-electron chi connectivity index (χ4n) is 1.79. The number of sulfone groups is 1. The number of carbonyl (C=O) groups excluding carboxylic acids is 1. The molecule has 6 nitrogen and oxygen atoms in total. The highest BCUT2D eigenvalue weighted by atomic mass is 32.2. The molecule has 0 saturated heterocycles. The van der Waals surface area contributed by atoms with Crippen molar-refractivity contribution in [1.29, 1.82) is 0 Å². The maximum absolute atomic E-state index is 11.9. The summed E-state index contributed by atoms with van der Waals surface area (Å²) in [6, 6.07) is 5.32. The fourth-order valence-corrected chi connectivity index (χ4v) is 3.06. The van der Waals surface area contributed by atoms with E-state index in [9.17, 15) is 13.2 Å². The summed E-state index contributed by atoms with van der Waals surface area (Å²) in [6.45, 7) is 0.619. The van der Waals surface area contributed by atoms with Gasteiger partial charge >= 0.3 is 5.97 Å². The van der Waals surface area contributed by atoms with E-state index in [0.717, 1.165) is 12.7 Å². The summed E-state index contributed by atoms with van der Waals surface area (Å²) in [5, 5.41) is 2.99.